The SMILES string of the molecule is CCN1C(=O)S/C(=C/c2cccn2-c2ccc(O)cc2)C1=O. The Morgan fingerprint density at radius 3 is 2.55 bits per heavy atom. The zero-order valence-electron chi connectivity index (χ0n) is 11.9. The van der Waals surface area contributed by atoms with Gasteiger partial charge in [-0.1, -0.05) is 0 Å². The van der Waals surface area contributed by atoms with Gasteiger partial charge in [0.1, 0.15) is 5.75 Å². The lowest BCUT2D eigenvalue weighted by molar-refractivity contribution is -0.122. The first-order valence-electron chi connectivity index (χ1n) is 6.82. The molecular formula is C16H14N2O3S. The largest absolute Gasteiger partial charge is 0.508 e. The van der Waals surface area contributed by atoms with Crippen molar-refractivity contribution in [1.82, 2.24) is 9.47 Å². The summed E-state index contributed by atoms with van der Waals surface area (Å²) in [6.45, 7) is 2.15. The van der Waals surface area contributed by atoms with Crippen molar-refractivity contribution in [2.75, 3.05) is 6.54 Å². The van der Waals surface area contributed by atoms with Crippen LogP contribution in [0.2, 0.25) is 0 Å². The molecule has 112 valence electrons. The molecule has 2 amide bonds. The van der Waals surface area contributed by atoms with E-state index in [1.807, 2.05) is 22.9 Å². The molecule has 1 aliphatic heterocycles. The Morgan fingerprint density at radius 1 is 1.18 bits per heavy atom. The van der Waals surface area contributed by atoms with Crippen LogP contribution in [0.25, 0.3) is 11.8 Å². The Morgan fingerprint density at radius 2 is 1.91 bits per heavy atom. The second kappa shape index (κ2) is 5.73. The third-order valence-electron chi connectivity index (χ3n) is 3.38. The molecule has 6 heteroatoms. The van der Waals surface area contributed by atoms with Crippen molar-refractivity contribution in [1.29, 1.82) is 0 Å². The summed E-state index contributed by atoms with van der Waals surface area (Å²) in [7, 11) is 0. The molecule has 1 aromatic heterocycles. The minimum atomic E-state index is -0.254. The normalized spacial score (nSPS) is 16.8. The maximum atomic E-state index is 12.1. The summed E-state index contributed by atoms with van der Waals surface area (Å²) in [6, 6.07) is 10.5. The minimum absolute atomic E-state index is 0.196. The van der Waals surface area contributed by atoms with Crippen molar-refractivity contribution in [3.63, 3.8) is 0 Å². The molecule has 2 aromatic rings. The molecule has 0 unspecified atom stereocenters. The summed E-state index contributed by atoms with van der Waals surface area (Å²) < 4.78 is 1.89. The van der Waals surface area contributed by atoms with Crippen LogP contribution in [0, 0.1) is 0 Å². The van der Waals surface area contributed by atoms with E-state index < -0.39 is 0 Å². The first-order valence-corrected chi connectivity index (χ1v) is 7.64. The summed E-state index contributed by atoms with van der Waals surface area (Å²) in [5.41, 5.74) is 1.66. The van der Waals surface area contributed by atoms with Crippen molar-refractivity contribution in [3.8, 4) is 11.4 Å². The number of likely N-dealkylation sites (N-methyl/N-ethyl adjacent to an activating group) is 1. The van der Waals surface area contributed by atoms with Gasteiger partial charge in [-0.3, -0.25) is 14.5 Å². The van der Waals surface area contributed by atoms with Crippen LogP contribution < -0.4 is 0 Å². The van der Waals surface area contributed by atoms with Crippen molar-refractivity contribution in [2.24, 2.45) is 0 Å². The van der Waals surface area contributed by atoms with Crippen LogP contribution in [-0.2, 0) is 4.79 Å². The lowest BCUT2D eigenvalue weighted by Crippen LogP contribution is -2.27. The van der Waals surface area contributed by atoms with E-state index in [0.29, 0.717) is 11.4 Å². The molecule has 5 nitrogen and oxygen atoms in total. The minimum Gasteiger partial charge on any atom is -0.508 e. The Kier molecular flexibility index (Phi) is 3.77. The Bertz CT molecular complexity index is 762. The molecule has 0 atom stereocenters. The smallest absolute Gasteiger partial charge is 0.293 e. The lowest BCUT2D eigenvalue weighted by atomic mass is 10.3. The molecule has 22 heavy (non-hydrogen) atoms. The van der Waals surface area contributed by atoms with E-state index in [4.69, 9.17) is 0 Å². The van der Waals surface area contributed by atoms with Crippen LogP contribution in [-0.4, -0.2) is 32.3 Å². The number of aromatic hydroxyl groups is 1. The highest BCUT2D eigenvalue weighted by Gasteiger charge is 2.33. The first kappa shape index (κ1) is 14.5. The fourth-order valence-electron chi connectivity index (χ4n) is 2.27. The van der Waals surface area contributed by atoms with Gasteiger partial charge in [-0.25, -0.2) is 0 Å². The van der Waals surface area contributed by atoms with Gasteiger partial charge in [0.25, 0.3) is 11.1 Å². The van der Waals surface area contributed by atoms with Crippen LogP contribution >= 0.6 is 11.8 Å². The quantitative estimate of drug-likeness (QED) is 0.884. The van der Waals surface area contributed by atoms with E-state index in [9.17, 15) is 14.7 Å². The van der Waals surface area contributed by atoms with E-state index in [1.54, 1.807) is 37.3 Å². The lowest BCUT2D eigenvalue weighted by Gasteiger charge is -2.08. The average Bonchev–Trinajstić information content (AvgIpc) is 3.06. The number of phenolic OH excluding ortho intramolecular Hbond substituents is 1. The molecule has 0 bridgehead atoms. The van der Waals surface area contributed by atoms with Gasteiger partial charge >= 0.3 is 0 Å². The van der Waals surface area contributed by atoms with E-state index in [1.165, 1.54) is 4.90 Å². The highest BCUT2D eigenvalue weighted by atomic mass is 32.2. The number of hydrogen-bond acceptors (Lipinski definition) is 4. The van der Waals surface area contributed by atoms with Gasteiger partial charge in [-0.15, -0.1) is 0 Å². The summed E-state index contributed by atoms with van der Waals surface area (Å²) in [5, 5.41) is 9.13. The number of nitrogens with zero attached hydrogens (tertiary/aromatic N) is 2. The third kappa shape index (κ3) is 2.53. The van der Waals surface area contributed by atoms with Gasteiger partial charge < -0.3 is 9.67 Å². The molecule has 1 fully saturated rings. The number of phenols is 1. The van der Waals surface area contributed by atoms with Crippen LogP contribution in [0.5, 0.6) is 5.75 Å². The molecule has 0 saturated carbocycles. The van der Waals surface area contributed by atoms with Crippen molar-refractivity contribution < 1.29 is 14.7 Å². The molecule has 1 aromatic carbocycles. The van der Waals surface area contributed by atoms with E-state index in [2.05, 4.69) is 0 Å². The zero-order chi connectivity index (χ0) is 15.7. The number of amides is 2. The summed E-state index contributed by atoms with van der Waals surface area (Å²) in [5.74, 6) is -0.0579. The van der Waals surface area contributed by atoms with Gasteiger partial charge in [0, 0.05) is 24.1 Å². The topological polar surface area (TPSA) is 62.5 Å². The fourth-order valence-corrected chi connectivity index (χ4v) is 3.15. The van der Waals surface area contributed by atoms with Gasteiger partial charge in [-0.2, -0.15) is 0 Å². The van der Waals surface area contributed by atoms with Crippen molar-refractivity contribution in [2.45, 2.75) is 6.92 Å². The highest BCUT2D eigenvalue weighted by molar-refractivity contribution is 8.18. The van der Waals surface area contributed by atoms with Gasteiger partial charge in [0.15, 0.2) is 0 Å². The number of carbonyl (C=O) groups is 2. The third-order valence-corrected chi connectivity index (χ3v) is 4.28. The number of aromatic nitrogens is 1. The molecule has 0 radical (unpaired) electrons. The van der Waals surface area contributed by atoms with E-state index >= 15 is 0 Å². The number of imide groups is 1. The predicted octanol–water partition coefficient (Wildman–Crippen LogP) is 3.24. The number of benzene rings is 1. The molecule has 1 N–H and O–H groups in total. The van der Waals surface area contributed by atoms with Crippen molar-refractivity contribution in [3.05, 3.63) is 53.2 Å². The average molecular weight is 314 g/mol. The summed E-state index contributed by atoms with van der Waals surface area (Å²) in [6.07, 6.45) is 3.58. The molecule has 0 spiro atoms. The number of carbonyl (C=O) groups excluding carboxylic acids is 2. The first-order chi connectivity index (χ1) is 10.6. The van der Waals surface area contributed by atoms with Crippen LogP contribution in [0.15, 0.2) is 47.5 Å². The van der Waals surface area contributed by atoms with Crippen molar-refractivity contribution >= 4 is 29.0 Å². The number of hydrogen-bond donors (Lipinski definition) is 1. The van der Waals surface area contributed by atoms with E-state index in [-0.39, 0.29) is 16.9 Å². The predicted molar refractivity (Wildman–Crippen MR) is 85.8 cm³/mol. The number of rotatable bonds is 3. The van der Waals surface area contributed by atoms with Gasteiger partial charge in [-0.05, 0) is 61.2 Å². The molecule has 1 saturated heterocycles. The number of thioether (sulfide) groups is 1. The molecule has 2 heterocycles. The maximum absolute atomic E-state index is 12.1. The Hall–Kier alpha value is -2.47. The molecule has 3 rings (SSSR count). The monoisotopic (exact) mass is 314 g/mol. The summed E-state index contributed by atoms with van der Waals surface area (Å²) >= 11 is 0.956. The maximum Gasteiger partial charge on any atom is 0.293 e. The van der Waals surface area contributed by atoms with Crippen LogP contribution in [0.3, 0.4) is 0 Å². The van der Waals surface area contributed by atoms with Crippen LogP contribution in [0.4, 0.5) is 4.79 Å². The Labute approximate surface area is 131 Å². The molecule has 0 aliphatic carbocycles. The highest BCUT2D eigenvalue weighted by Crippen LogP contribution is 2.32. The zero-order valence-corrected chi connectivity index (χ0v) is 12.7. The van der Waals surface area contributed by atoms with Crippen LogP contribution in [0.1, 0.15) is 12.6 Å². The van der Waals surface area contributed by atoms with Gasteiger partial charge in [0.2, 0.25) is 0 Å². The second-order valence-corrected chi connectivity index (χ2v) is 5.74. The van der Waals surface area contributed by atoms with E-state index in [0.717, 1.165) is 23.1 Å². The fraction of sp³-hybridized carbons (Fsp3) is 0.125. The second-order valence-electron chi connectivity index (χ2n) is 4.75. The molecule has 1 aliphatic rings. The Balaban J connectivity index is 1.96. The standard InChI is InChI=1S/C16H14N2O3S/c1-2-17-15(20)14(22-16(17)21)10-12-4-3-9-18(12)11-5-7-13(19)8-6-11/h3-10,19H,2H2,1H3/b14-10+. The summed E-state index contributed by atoms with van der Waals surface area (Å²) in [4.78, 5) is 25.5. The molecular weight excluding hydrogens is 300 g/mol. The van der Waals surface area contributed by atoms with Gasteiger partial charge in [0.05, 0.1) is 4.91 Å².